The van der Waals surface area contributed by atoms with Crippen molar-refractivity contribution in [3.63, 3.8) is 0 Å². The van der Waals surface area contributed by atoms with Crippen molar-refractivity contribution >= 4 is 22.9 Å². The molecule has 8 heteroatoms. The lowest BCUT2D eigenvalue weighted by Gasteiger charge is -2.11. The van der Waals surface area contributed by atoms with Crippen LogP contribution in [0.15, 0.2) is 39.0 Å². The van der Waals surface area contributed by atoms with E-state index >= 15 is 0 Å². The number of aryl methyl sites for hydroxylation is 2. The van der Waals surface area contributed by atoms with E-state index in [1.807, 2.05) is 31.2 Å². The normalized spacial score (nSPS) is 11.0. The second kappa shape index (κ2) is 6.61. The first kappa shape index (κ1) is 17.0. The summed E-state index contributed by atoms with van der Waals surface area (Å²) in [5, 5.41) is 9.45. The molecule has 0 aliphatic rings. The van der Waals surface area contributed by atoms with Crippen LogP contribution in [0.5, 0.6) is 0 Å². The van der Waals surface area contributed by atoms with E-state index in [1.54, 1.807) is 11.6 Å². The highest BCUT2D eigenvalue weighted by Crippen LogP contribution is 2.23. The van der Waals surface area contributed by atoms with Gasteiger partial charge in [0.1, 0.15) is 0 Å². The number of imidazole rings is 1. The van der Waals surface area contributed by atoms with Gasteiger partial charge in [-0.1, -0.05) is 36.0 Å². The van der Waals surface area contributed by atoms with Crippen molar-refractivity contribution in [2.24, 2.45) is 14.1 Å². The van der Waals surface area contributed by atoms with E-state index in [1.165, 1.54) is 23.4 Å². The summed E-state index contributed by atoms with van der Waals surface area (Å²) < 4.78 is 4.24. The number of hydrogen-bond acceptors (Lipinski definition) is 5. The smallest absolute Gasteiger partial charge is 0.309 e. The molecule has 2 aromatic heterocycles. The van der Waals surface area contributed by atoms with Crippen LogP contribution in [0.2, 0.25) is 0 Å². The Hall–Kier alpha value is -2.79. The molecule has 2 heterocycles. The molecule has 0 unspecified atom stereocenters. The second-order valence-electron chi connectivity index (χ2n) is 5.73. The second-order valence-corrected chi connectivity index (χ2v) is 6.67. The summed E-state index contributed by atoms with van der Waals surface area (Å²) in [5.41, 5.74) is 2.05. The van der Waals surface area contributed by atoms with Gasteiger partial charge in [0.15, 0.2) is 16.3 Å². The molecular weight excluding hydrogens is 338 g/mol. The van der Waals surface area contributed by atoms with Gasteiger partial charge in [-0.2, -0.15) is 5.26 Å². The third kappa shape index (κ3) is 2.87. The molecule has 0 spiro atoms. The number of benzene rings is 1. The molecule has 128 valence electrons. The van der Waals surface area contributed by atoms with Crippen LogP contribution >= 0.6 is 11.8 Å². The Balaban J connectivity index is 2.31. The van der Waals surface area contributed by atoms with Gasteiger partial charge in [-0.3, -0.25) is 13.9 Å². The van der Waals surface area contributed by atoms with E-state index in [2.05, 4.69) is 11.1 Å². The highest BCUT2D eigenvalue weighted by Gasteiger charge is 2.19. The van der Waals surface area contributed by atoms with Gasteiger partial charge < -0.3 is 4.57 Å². The fraction of sp³-hybridized carbons (Fsp3) is 0.294. The average Bonchev–Trinajstić information content (AvgIpc) is 2.96. The molecule has 25 heavy (non-hydrogen) atoms. The molecule has 3 rings (SSSR count). The first-order valence-electron chi connectivity index (χ1n) is 7.66. The fourth-order valence-corrected chi connectivity index (χ4v) is 3.39. The number of fused-ring (bicyclic) bond motifs is 1. The maximum absolute atomic E-state index is 12.7. The predicted molar refractivity (Wildman–Crippen MR) is 96.8 cm³/mol. The Bertz CT molecular complexity index is 1120. The highest BCUT2D eigenvalue weighted by molar-refractivity contribution is 7.99. The van der Waals surface area contributed by atoms with Gasteiger partial charge >= 0.3 is 5.69 Å². The number of nitrogens with zero attached hydrogens (tertiary/aromatic N) is 5. The van der Waals surface area contributed by atoms with E-state index in [4.69, 9.17) is 5.26 Å². The summed E-state index contributed by atoms with van der Waals surface area (Å²) in [6, 6.07) is 9.97. The maximum Gasteiger partial charge on any atom is 0.332 e. The van der Waals surface area contributed by atoms with Crippen LogP contribution < -0.4 is 11.2 Å². The van der Waals surface area contributed by atoms with Gasteiger partial charge in [0.2, 0.25) is 0 Å². The summed E-state index contributed by atoms with van der Waals surface area (Å²) in [5.74, 6) is 0.214. The van der Waals surface area contributed by atoms with Crippen LogP contribution in [-0.4, -0.2) is 24.4 Å². The molecule has 0 saturated heterocycles. The highest BCUT2D eigenvalue weighted by atomic mass is 32.2. The lowest BCUT2D eigenvalue weighted by molar-refractivity contribution is 0.696. The largest absolute Gasteiger partial charge is 0.332 e. The van der Waals surface area contributed by atoms with Crippen molar-refractivity contribution in [2.75, 3.05) is 5.75 Å². The number of aromatic nitrogens is 4. The Morgan fingerprint density at radius 3 is 2.60 bits per heavy atom. The maximum atomic E-state index is 12.7. The lowest BCUT2D eigenvalue weighted by atomic mass is 10.1. The summed E-state index contributed by atoms with van der Waals surface area (Å²) in [7, 11) is 3.05. The molecule has 0 N–H and O–H groups in total. The SMILES string of the molecule is Cc1ccccc1Cn1c(SCC#N)nc2c1c(=O)n(C)c(=O)n2C. The zero-order chi connectivity index (χ0) is 18.1. The zero-order valence-electron chi connectivity index (χ0n) is 14.2. The number of hydrogen-bond donors (Lipinski definition) is 0. The molecule has 0 fully saturated rings. The van der Waals surface area contributed by atoms with Crippen molar-refractivity contribution < 1.29 is 0 Å². The monoisotopic (exact) mass is 355 g/mol. The minimum atomic E-state index is -0.421. The molecule has 0 aliphatic carbocycles. The average molecular weight is 355 g/mol. The summed E-state index contributed by atoms with van der Waals surface area (Å²) in [6.07, 6.45) is 0. The Morgan fingerprint density at radius 2 is 1.92 bits per heavy atom. The molecule has 3 aromatic rings. The third-order valence-corrected chi connectivity index (χ3v) is 5.01. The van der Waals surface area contributed by atoms with Crippen molar-refractivity contribution in [3.8, 4) is 6.07 Å². The van der Waals surface area contributed by atoms with Crippen molar-refractivity contribution in [1.29, 1.82) is 5.26 Å². The molecular formula is C17H17N5O2S. The van der Waals surface area contributed by atoms with E-state index in [0.717, 1.165) is 15.7 Å². The lowest BCUT2D eigenvalue weighted by Crippen LogP contribution is -2.37. The minimum absolute atomic E-state index is 0.214. The van der Waals surface area contributed by atoms with Crippen LogP contribution in [0.3, 0.4) is 0 Å². The van der Waals surface area contributed by atoms with E-state index < -0.39 is 5.69 Å². The topological polar surface area (TPSA) is 85.6 Å². The molecule has 0 bridgehead atoms. The molecule has 0 aliphatic heterocycles. The number of rotatable bonds is 4. The van der Waals surface area contributed by atoms with Crippen molar-refractivity contribution in [3.05, 3.63) is 56.2 Å². The Kier molecular flexibility index (Phi) is 4.51. The van der Waals surface area contributed by atoms with Crippen LogP contribution in [0.25, 0.3) is 11.2 Å². The summed E-state index contributed by atoms with van der Waals surface area (Å²) in [6.45, 7) is 2.45. The zero-order valence-corrected chi connectivity index (χ0v) is 15.0. The summed E-state index contributed by atoms with van der Waals surface area (Å²) >= 11 is 1.25. The Morgan fingerprint density at radius 1 is 1.20 bits per heavy atom. The Labute approximate surface area is 148 Å². The predicted octanol–water partition coefficient (Wildman–Crippen LogP) is 1.41. The first-order chi connectivity index (χ1) is 12.0. The molecule has 0 atom stereocenters. The van der Waals surface area contributed by atoms with Gasteiger partial charge in [0.25, 0.3) is 5.56 Å². The van der Waals surface area contributed by atoms with Crippen molar-refractivity contribution in [2.45, 2.75) is 18.6 Å². The third-order valence-electron chi connectivity index (χ3n) is 4.17. The fourth-order valence-electron chi connectivity index (χ4n) is 2.74. The van der Waals surface area contributed by atoms with E-state index in [0.29, 0.717) is 22.9 Å². The van der Waals surface area contributed by atoms with Gasteiger partial charge in [0.05, 0.1) is 18.4 Å². The molecule has 1 aromatic carbocycles. The molecule has 0 amide bonds. The van der Waals surface area contributed by atoms with Crippen LogP contribution in [-0.2, 0) is 20.6 Å². The number of nitriles is 1. The molecule has 7 nitrogen and oxygen atoms in total. The quantitative estimate of drug-likeness (QED) is 0.661. The summed E-state index contributed by atoms with van der Waals surface area (Å²) in [4.78, 5) is 29.3. The van der Waals surface area contributed by atoms with Crippen LogP contribution in [0.4, 0.5) is 0 Å². The number of thioether (sulfide) groups is 1. The van der Waals surface area contributed by atoms with Gasteiger partial charge in [0, 0.05) is 14.1 Å². The van der Waals surface area contributed by atoms with Gasteiger partial charge in [-0.05, 0) is 18.1 Å². The van der Waals surface area contributed by atoms with Gasteiger partial charge in [-0.15, -0.1) is 0 Å². The van der Waals surface area contributed by atoms with Gasteiger partial charge in [-0.25, -0.2) is 9.78 Å². The van der Waals surface area contributed by atoms with Crippen LogP contribution in [0, 0.1) is 18.3 Å². The molecule has 0 radical (unpaired) electrons. The van der Waals surface area contributed by atoms with Crippen LogP contribution in [0.1, 0.15) is 11.1 Å². The molecule has 0 saturated carbocycles. The van der Waals surface area contributed by atoms with E-state index in [9.17, 15) is 9.59 Å². The standard InChI is InChI=1S/C17H17N5O2S/c1-11-6-4-5-7-12(11)10-22-13-14(19-16(22)25-9-8-18)20(2)17(24)21(3)15(13)23/h4-7H,9-10H2,1-3H3. The minimum Gasteiger partial charge on any atom is -0.309 e. The van der Waals surface area contributed by atoms with E-state index in [-0.39, 0.29) is 11.3 Å². The first-order valence-corrected chi connectivity index (χ1v) is 8.64. The van der Waals surface area contributed by atoms with Crippen molar-refractivity contribution in [1.82, 2.24) is 18.7 Å².